The highest BCUT2D eigenvalue weighted by atomic mass is 16.2. The van der Waals surface area contributed by atoms with Gasteiger partial charge in [0, 0.05) is 17.8 Å². The molecule has 1 aliphatic rings. The van der Waals surface area contributed by atoms with Crippen molar-refractivity contribution in [3.05, 3.63) is 64.7 Å². The predicted molar refractivity (Wildman–Crippen MR) is 110 cm³/mol. The third kappa shape index (κ3) is 4.37. The van der Waals surface area contributed by atoms with Crippen molar-refractivity contribution in [1.82, 2.24) is 35.4 Å². The van der Waals surface area contributed by atoms with E-state index in [1.54, 1.807) is 6.20 Å². The largest absolute Gasteiger partial charge is 0.346 e. The molecule has 1 aliphatic heterocycles. The Kier molecular flexibility index (Phi) is 5.71. The minimum atomic E-state index is -0.209. The van der Waals surface area contributed by atoms with Gasteiger partial charge in [0.25, 0.3) is 5.91 Å². The zero-order valence-corrected chi connectivity index (χ0v) is 16.9. The minimum absolute atomic E-state index is 0.209. The molecule has 8 heteroatoms. The van der Waals surface area contributed by atoms with Crippen molar-refractivity contribution in [2.45, 2.75) is 45.8 Å². The molecule has 2 N–H and O–H groups in total. The van der Waals surface area contributed by atoms with Crippen LogP contribution in [0.25, 0.3) is 0 Å². The maximum atomic E-state index is 12.6. The number of carbonyl (C=O) groups excluding carboxylic acids is 1. The van der Waals surface area contributed by atoms with Gasteiger partial charge >= 0.3 is 0 Å². The Hall–Kier alpha value is -3.00. The number of rotatable bonds is 6. The third-order valence-electron chi connectivity index (χ3n) is 5.56. The van der Waals surface area contributed by atoms with E-state index in [1.807, 2.05) is 41.4 Å². The zero-order chi connectivity index (χ0) is 20.2. The maximum absolute atomic E-state index is 12.6. The Balaban J connectivity index is 1.40. The van der Waals surface area contributed by atoms with Crippen molar-refractivity contribution in [2.24, 2.45) is 0 Å². The predicted octanol–water partition coefficient (Wildman–Crippen LogP) is 1.99. The lowest BCUT2D eigenvalue weighted by Gasteiger charge is -2.22. The Morgan fingerprint density at radius 3 is 2.72 bits per heavy atom. The van der Waals surface area contributed by atoms with E-state index in [4.69, 9.17) is 0 Å². The number of nitrogens with zero attached hydrogens (tertiary/aromatic N) is 5. The highest BCUT2D eigenvalue weighted by molar-refractivity contribution is 5.91. The van der Waals surface area contributed by atoms with Gasteiger partial charge in [-0.2, -0.15) is 5.10 Å². The smallest absolute Gasteiger partial charge is 0.273 e. The lowest BCUT2D eigenvalue weighted by atomic mass is 10.1. The molecule has 1 saturated heterocycles. The van der Waals surface area contributed by atoms with Gasteiger partial charge < -0.3 is 10.6 Å². The lowest BCUT2D eigenvalue weighted by Crippen LogP contribution is -2.29. The van der Waals surface area contributed by atoms with Crippen molar-refractivity contribution in [3.8, 4) is 0 Å². The summed E-state index contributed by atoms with van der Waals surface area (Å²) in [5.41, 5.74) is 4.58. The molecule has 4 rings (SSSR count). The summed E-state index contributed by atoms with van der Waals surface area (Å²) in [4.78, 5) is 12.6. The topological polar surface area (TPSA) is 89.7 Å². The first kappa shape index (κ1) is 19.3. The number of nitrogens with one attached hydrogen (secondary N) is 2. The Morgan fingerprint density at radius 2 is 1.97 bits per heavy atom. The van der Waals surface area contributed by atoms with E-state index in [2.05, 4.69) is 38.2 Å². The lowest BCUT2D eigenvalue weighted by molar-refractivity contribution is 0.0945. The van der Waals surface area contributed by atoms with E-state index < -0.39 is 0 Å². The monoisotopic (exact) mass is 393 g/mol. The van der Waals surface area contributed by atoms with Gasteiger partial charge in [0.15, 0.2) is 5.69 Å². The van der Waals surface area contributed by atoms with Gasteiger partial charge in [-0.25, -0.2) is 4.68 Å². The van der Waals surface area contributed by atoms with Gasteiger partial charge in [-0.3, -0.25) is 9.48 Å². The summed E-state index contributed by atoms with van der Waals surface area (Å²) in [6, 6.07) is 10.5. The normalized spacial score (nSPS) is 14.8. The van der Waals surface area contributed by atoms with Crippen LogP contribution in [0.3, 0.4) is 0 Å². The molecule has 2 aromatic heterocycles. The molecule has 0 saturated carbocycles. The minimum Gasteiger partial charge on any atom is -0.346 e. The van der Waals surface area contributed by atoms with Crippen LogP contribution in [0.5, 0.6) is 0 Å². The second-order valence-electron chi connectivity index (χ2n) is 7.54. The first-order chi connectivity index (χ1) is 14.1. The van der Waals surface area contributed by atoms with Crippen molar-refractivity contribution >= 4 is 5.91 Å². The average Bonchev–Trinajstić information content (AvgIpc) is 3.34. The molecule has 0 atom stereocenters. The highest BCUT2D eigenvalue weighted by Gasteiger charge is 2.19. The number of benzene rings is 1. The average molecular weight is 393 g/mol. The van der Waals surface area contributed by atoms with Gasteiger partial charge in [-0.1, -0.05) is 35.5 Å². The van der Waals surface area contributed by atoms with Crippen LogP contribution in [-0.2, 0) is 13.1 Å². The molecule has 152 valence electrons. The van der Waals surface area contributed by atoms with Crippen LogP contribution in [0.4, 0.5) is 0 Å². The van der Waals surface area contributed by atoms with Crippen LogP contribution in [-0.4, -0.2) is 43.8 Å². The van der Waals surface area contributed by atoms with Crippen molar-refractivity contribution in [2.75, 3.05) is 13.1 Å². The van der Waals surface area contributed by atoms with Gasteiger partial charge in [0.05, 0.1) is 24.5 Å². The summed E-state index contributed by atoms with van der Waals surface area (Å²) < 4.78 is 3.81. The molecule has 1 fully saturated rings. The van der Waals surface area contributed by atoms with E-state index in [-0.39, 0.29) is 5.91 Å². The van der Waals surface area contributed by atoms with Crippen molar-refractivity contribution < 1.29 is 4.79 Å². The standard InChI is InChI=1S/C21H27N7O/c1-15-19(16(2)27(25-15)13-17-6-4-3-5-7-17)12-23-21(29)20-14-28(26-24-20)18-8-10-22-11-9-18/h3-7,14,18,22H,8-13H2,1-2H3,(H,23,29). The van der Waals surface area contributed by atoms with E-state index in [0.29, 0.717) is 24.8 Å². The Labute approximate surface area is 170 Å². The fourth-order valence-corrected chi connectivity index (χ4v) is 3.79. The number of piperidine rings is 1. The van der Waals surface area contributed by atoms with Crippen LogP contribution in [0, 0.1) is 13.8 Å². The zero-order valence-electron chi connectivity index (χ0n) is 16.9. The van der Waals surface area contributed by atoms with Crippen LogP contribution in [0.15, 0.2) is 36.5 Å². The summed E-state index contributed by atoms with van der Waals surface area (Å²) in [6.07, 6.45) is 3.76. The number of hydrogen-bond acceptors (Lipinski definition) is 5. The first-order valence-electron chi connectivity index (χ1n) is 10.1. The fraction of sp³-hybridized carbons (Fsp3) is 0.429. The number of aryl methyl sites for hydroxylation is 1. The molecule has 0 bridgehead atoms. The van der Waals surface area contributed by atoms with Gasteiger partial charge in [0.2, 0.25) is 0 Å². The fourth-order valence-electron chi connectivity index (χ4n) is 3.79. The second kappa shape index (κ2) is 8.57. The van der Waals surface area contributed by atoms with E-state index in [0.717, 1.165) is 42.9 Å². The molecule has 0 spiro atoms. The molecule has 1 aromatic carbocycles. The Morgan fingerprint density at radius 1 is 1.21 bits per heavy atom. The summed E-state index contributed by atoms with van der Waals surface area (Å²) in [5, 5.41) is 19.2. The molecule has 0 aliphatic carbocycles. The molecule has 3 heterocycles. The van der Waals surface area contributed by atoms with Crippen molar-refractivity contribution in [1.29, 1.82) is 0 Å². The summed E-state index contributed by atoms with van der Waals surface area (Å²) >= 11 is 0. The summed E-state index contributed by atoms with van der Waals surface area (Å²) in [5.74, 6) is -0.209. The molecule has 8 nitrogen and oxygen atoms in total. The summed E-state index contributed by atoms with van der Waals surface area (Å²) in [7, 11) is 0. The number of carbonyl (C=O) groups is 1. The molecule has 0 unspecified atom stereocenters. The Bertz CT molecular complexity index is 970. The molecular formula is C21H27N7O. The third-order valence-corrected chi connectivity index (χ3v) is 5.56. The SMILES string of the molecule is Cc1nn(Cc2ccccc2)c(C)c1CNC(=O)c1cn(C2CCNCC2)nn1. The first-order valence-corrected chi connectivity index (χ1v) is 10.1. The molecule has 29 heavy (non-hydrogen) atoms. The maximum Gasteiger partial charge on any atom is 0.273 e. The van der Waals surface area contributed by atoms with Crippen LogP contribution in [0.2, 0.25) is 0 Å². The highest BCUT2D eigenvalue weighted by Crippen LogP contribution is 2.18. The number of hydrogen-bond donors (Lipinski definition) is 2. The molecule has 1 amide bonds. The quantitative estimate of drug-likeness (QED) is 0.669. The molecule has 0 radical (unpaired) electrons. The summed E-state index contributed by atoms with van der Waals surface area (Å²) in [6.45, 7) is 7.09. The van der Waals surface area contributed by atoms with Crippen LogP contribution >= 0.6 is 0 Å². The second-order valence-corrected chi connectivity index (χ2v) is 7.54. The van der Waals surface area contributed by atoms with Crippen LogP contribution in [0.1, 0.15) is 51.9 Å². The van der Waals surface area contributed by atoms with Crippen molar-refractivity contribution in [3.63, 3.8) is 0 Å². The van der Waals surface area contributed by atoms with E-state index >= 15 is 0 Å². The van der Waals surface area contributed by atoms with Gasteiger partial charge in [0.1, 0.15) is 0 Å². The van der Waals surface area contributed by atoms with Gasteiger partial charge in [-0.15, -0.1) is 5.10 Å². The van der Waals surface area contributed by atoms with E-state index in [1.165, 1.54) is 5.56 Å². The van der Waals surface area contributed by atoms with E-state index in [9.17, 15) is 4.79 Å². The van der Waals surface area contributed by atoms with Gasteiger partial charge in [-0.05, 0) is 45.3 Å². The molecule has 3 aromatic rings. The number of aromatic nitrogens is 5. The molecular weight excluding hydrogens is 366 g/mol. The number of amides is 1. The van der Waals surface area contributed by atoms with Crippen LogP contribution < -0.4 is 10.6 Å².